The van der Waals surface area contributed by atoms with Crippen molar-refractivity contribution in [3.05, 3.63) is 132 Å². The molecule has 330 valence electrons. The Bertz CT molecular complexity index is 2810. The molecule has 0 amide bonds. The van der Waals surface area contributed by atoms with Crippen LogP contribution in [0.25, 0.3) is 21.9 Å². The van der Waals surface area contributed by atoms with Gasteiger partial charge < -0.3 is 29.9 Å². The Morgan fingerprint density at radius 3 is 1.49 bits per heavy atom. The molecule has 0 radical (unpaired) electrons. The van der Waals surface area contributed by atoms with Crippen molar-refractivity contribution < 1.29 is 26.3 Å². The van der Waals surface area contributed by atoms with Gasteiger partial charge in [0.05, 0.1) is 46.8 Å². The number of ether oxygens (including phenoxy) is 2. The number of methoxy groups -OCH3 is 2. The van der Waals surface area contributed by atoms with Gasteiger partial charge in [-0.15, -0.1) is 0 Å². The molecule has 4 unspecified atom stereocenters. The second-order valence-electron chi connectivity index (χ2n) is 16.5. The maximum absolute atomic E-state index is 15.8. The van der Waals surface area contributed by atoms with E-state index >= 15 is 16.8 Å². The van der Waals surface area contributed by atoms with Crippen molar-refractivity contribution in [3.63, 3.8) is 0 Å². The molecule has 6 aromatic rings. The first-order valence-electron chi connectivity index (χ1n) is 21.0. The molecular weight excluding hydrogens is 856 g/mol. The average molecular weight is 910 g/mol. The molecule has 0 spiro atoms. The maximum atomic E-state index is 15.8. The van der Waals surface area contributed by atoms with Crippen LogP contribution in [-0.4, -0.2) is 81.4 Å². The van der Waals surface area contributed by atoms with E-state index in [2.05, 4.69) is 48.1 Å². The summed E-state index contributed by atoms with van der Waals surface area (Å²) in [7, 11) is -6.44. The number of fused-ring (bicyclic) bond motifs is 1. The highest BCUT2D eigenvalue weighted by Crippen LogP contribution is 2.43. The van der Waals surface area contributed by atoms with Crippen LogP contribution in [0.3, 0.4) is 0 Å². The molecule has 0 bridgehead atoms. The average Bonchev–Trinajstić information content (AvgIpc) is 3.27. The summed E-state index contributed by atoms with van der Waals surface area (Å²) in [6.45, 7) is 10.7. The van der Waals surface area contributed by atoms with Gasteiger partial charge in [-0.2, -0.15) is 25.7 Å². The van der Waals surface area contributed by atoms with E-state index in [4.69, 9.17) is 21.1 Å². The zero-order valence-corrected chi connectivity index (χ0v) is 38.6. The minimum absolute atomic E-state index is 0.0714. The van der Waals surface area contributed by atoms with Gasteiger partial charge in [-0.3, -0.25) is 0 Å². The summed E-state index contributed by atoms with van der Waals surface area (Å²) in [5, 5.41) is 8.79. The maximum Gasteiger partial charge on any atom is 0.282 e. The molecule has 12 nitrogen and oxygen atoms in total. The number of hydrazine groups is 1. The van der Waals surface area contributed by atoms with Crippen molar-refractivity contribution >= 4 is 65.2 Å². The Hall–Kier alpha value is -5.51. The van der Waals surface area contributed by atoms with E-state index < -0.39 is 20.0 Å². The normalized spacial score (nSPS) is 19.5. The Morgan fingerprint density at radius 1 is 0.540 bits per heavy atom. The molecule has 2 aliphatic heterocycles. The van der Waals surface area contributed by atoms with Crippen LogP contribution in [0.4, 0.5) is 22.7 Å². The van der Waals surface area contributed by atoms with E-state index in [0.717, 1.165) is 20.0 Å². The van der Waals surface area contributed by atoms with E-state index in [1.54, 1.807) is 87.0 Å². The van der Waals surface area contributed by atoms with Crippen molar-refractivity contribution in [3.8, 4) is 22.6 Å². The number of hydrogen-bond acceptors (Lipinski definition) is 10. The summed E-state index contributed by atoms with van der Waals surface area (Å²) in [6, 6.07) is 36.4. The number of anilines is 4. The van der Waals surface area contributed by atoms with Crippen LogP contribution >= 0.6 is 11.6 Å². The van der Waals surface area contributed by atoms with Gasteiger partial charge in [0.25, 0.3) is 20.0 Å². The number of nitrogens with zero attached hydrogens (tertiary/aromatic N) is 4. The van der Waals surface area contributed by atoms with Crippen LogP contribution in [0.5, 0.6) is 11.5 Å². The van der Waals surface area contributed by atoms with Crippen molar-refractivity contribution in [1.29, 1.82) is 0 Å². The van der Waals surface area contributed by atoms with E-state index in [1.165, 1.54) is 24.3 Å². The fraction of sp³-hybridized carbons (Fsp3) is 0.292. The predicted molar refractivity (Wildman–Crippen MR) is 255 cm³/mol. The van der Waals surface area contributed by atoms with Gasteiger partial charge in [0.2, 0.25) is 0 Å². The van der Waals surface area contributed by atoms with Gasteiger partial charge in [-0.1, -0.05) is 72.3 Å². The second-order valence-corrected chi connectivity index (χ2v) is 20.4. The first-order valence-corrected chi connectivity index (χ1v) is 24.3. The first-order chi connectivity index (χ1) is 30.2. The monoisotopic (exact) mass is 908 g/mol. The lowest BCUT2D eigenvalue weighted by Gasteiger charge is -2.40. The van der Waals surface area contributed by atoms with Crippen molar-refractivity contribution in [2.75, 3.05) is 59.0 Å². The second kappa shape index (κ2) is 17.9. The molecule has 63 heavy (non-hydrogen) atoms. The minimum atomic E-state index is -4.80. The third-order valence-corrected chi connectivity index (χ3v) is 15.3. The molecule has 0 aromatic heterocycles. The quantitative estimate of drug-likeness (QED) is 0.116. The van der Waals surface area contributed by atoms with Crippen molar-refractivity contribution in [2.24, 2.45) is 0 Å². The lowest BCUT2D eigenvalue weighted by molar-refractivity contribution is 0.391. The molecule has 6 aromatic carbocycles. The number of nitrogens with one attached hydrogen (secondary N) is 2. The van der Waals surface area contributed by atoms with Crippen molar-refractivity contribution in [1.82, 2.24) is 10.6 Å². The molecule has 0 aliphatic carbocycles. The molecular formula is C48H53ClN6O6S2. The van der Waals surface area contributed by atoms with Crippen LogP contribution in [0, 0.1) is 0 Å². The molecule has 15 heteroatoms. The van der Waals surface area contributed by atoms with E-state index in [-0.39, 0.29) is 45.3 Å². The number of hydrogen-bond donors (Lipinski definition) is 2. The van der Waals surface area contributed by atoms with Crippen LogP contribution in [-0.2, 0) is 20.0 Å². The van der Waals surface area contributed by atoms with E-state index in [9.17, 15) is 0 Å². The standard InChI is InChI=1S/C48H53ClN6O6S2/c1-32-28-52(29-33(2)50-32)45-26-39(17-23-47(45)60-5)54(62(56,57)41-19-15-37(16-20-41)36-11-8-7-9-12-36)55(63(58,59)42-21-22-43-38(25-42)13-10-14-44(43)49)40-18-24-48(61-6)46(27-40)53-30-34(3)51-35(4)31-53/h7-27,32-35,50-51H,28-31H2,1-6H3. The Morgan fingerprint density at radius 2 is 1.00 bits per heavy atom. The molecule has 2 N–H and O–H groups in total. The summed E-state index contributed by atoms with van der Waals surface area (Å²) in [5.41, 5.74) is 3.08. The topological polar surface area (TPSA) is 124 Å². The SMILES string of the molecule is COc1ccc(N(N(c2ccc(OC)c(N3CC(C)NC(C)C3)c2)S(=O)(=O)c2ccc3c(Cl)cccc3c2)S(=O)(=O)c2ccc(-c3ccccc3)cc2)cc1N1CC(C)NC(C)C1. The summed E-state index contributed by atoms with van der Waals surface area (Å²) >= 11 is 6.57. The van der Waals surface area contributed by atoms with E-state index in [1.807, 2.05) is 30.3 Å². The Labute approximate surface area is 376 Å². The first kappa shape index (κ1) is 44.1. The number of sulfonamides is 2. The van der Waals surface area contributed by atoms with Crippen molar-refractivity contribution in [2.45, 2.75) is 61.7 Å². The zero-order chi connectivity index (χ0) is 44.6. The fourth-order valence-electron chi connectivity index (χ4n) is 8.85. The summed E-state index contributed by atoms with van der Waals surface area (Å²) < 4.78 is 76.8. The van der Waals surface area contributed by atoms with Gasteiger partial charge in [-0.05, 0) is 111 Å². The molecule has 2 heterocycles. The third-order valence-electron chi connectivity index (χ3n) is 11.5. The molecule has 2 saturated heterocycles. The fourth-order valence-corrected chi connectivity index (χ4v) is 12.4. The predicted octanol–water partition coefficient (Wildman–Crippen LogP) is 8.56. The van der Waals surface area contributed by atoms with Gasteiger partial charge in [0.15, 0.2) is 0 Å². The zero-order valence-electron chi connectivity index (χ0n) is 36.2. The molecule has 4 atom stereocenters. The highest BCUT2D eigenvalue weighted by Gasteiger charge is 2.41. The Balaban J connectivity index is 1.40. The summed E-state index contributed by atoms with van der Waals surface area (Å²) in [5.74, 6) is 1.02. The number of halogens is 1. The van der Waals surface area contributed by atoms with Gasteiger partial charge in [-0.25, -0.2) is 0 Å². The van der Waals surface area contributed by atoms with Crippen LogP contribution in [0.1, 0.15) is 27.7 Å². The van der Waals surface area contributed by atoms with Gasteiger partial charge in [0, 0.05) is 60.8 Å². The van der Waals surface area contributed by atoms with E-state index in [0.29, 0.717) is 64.8 Å². The lowest BCUT2D eigenvalue weighted by Crippen LogP contribution is -2.54. The highest BCUT2D eigenvalue weighted by atomic mass is 35.5. The summed E-state index contributed by atoms with van der Waals surface area (Å²) in [6.07, 6.45) is 0. The highest BCUT2D eigenvalue weighted by molar-refractivity contribution is 7.97. The van der Waals surface area contributed by atoms with Gasteiger partial charge in [0.1, 0.15) is 11.5 Å². The lowest BCUT2D eigenvalue weighted by atomic mass is 10.1. The Kier molecular flexibility index (Phi) is 12.6. The molecule has 2 fully saturated rings. The molecule has 8 rings (SSSR count). The van der Waals surface area contributed by atoms with Crippen LogP contribution in [0.15, 0.2) is 137 Å². The largest absolute Gasteiger partial charge is 0.495 e. The van der Waals surface area contributed by atoms with Crippen LogP contribution < -0.4 is 38.7 Å². The number of piperazine rings is 2. The van der Waals surface area contributed by atoms with Gasteiger partial charge >= 0.3 is 0 Å². The number of benzene rings is 6. The summed E-state index contributed by atoms with van der Waals surface area (Å²) in [4.78, 5) is 4.01. The molecule has 2 aliphatic rings. The smallest absolute Gasteiger partial charge is 0.282 e. The molecule has 0 saturated carbocycles. The third kappa shape index (κ3) is 8.87. The number of rotatable bonds is 12. The van der Waals surface area contributed by atoms with Crippen LogP contribution in [0.2, 0.25) is 5.02 Å². The minimum Gasteiger partial charge on any atom is -0.495 e.